The highest BCUT2D eigenvalue weighted by Gasteiger charge is 2.27. The van der Waals surface area contributed by atoms with E-state index in [2.05, 4.69) is 53.4 Å². The van der Waals surface area contributed by atoms with Gasteiger partial charge in [-0.15, -0.1) is 0 Å². The SMILES string of the molecule is O=C(C=Cc1ccc(Cl)cc1F)N1CCN(C(c2ccccc2)c2ccccc2)CC1. The van der Waals surface area contributed by atoms with Crippen LogP contribution in [0.15, 0.2) is 84.9 Å². The average molecular weight is 435 g/mol. The lowest BCUT2D eigenvalue weighted by Gasteiger charge is -2.39. The fourth-order valence-corrected chi connectivity index (χ4v) is 4.15. The van der Waals surface area contributed by atoms with E-state index in [0.29, 0.717) is 23.7 Å². The lowest BCUT2D eigenvalue weighted by molar-refractivity contribution is -0.127. The van der Waals surface area contributed by atoms with Gasteiger partial charge in [0.05, 0.1) is 6.04 Å². The van der Waals surface area contributed by atoms with Gasteiger partial charge in [0.1, 0.15) is 5.82 Å². The fraction of sp³-hybridized carbons (Fsp3) is 0.192. The number of carbonyl (C=O) groups excluding carboxylic acids is 1. The maximum Gasteiger partial charge on any atom is 0.246 e. The van der Waals surface area contributed by atoms with Gasteiger partial charge >= 0.3 is 0 Å². The summed E-state index contributed by atoms with van der Waals surface area (Å²) in [6.45, 7) is 2.79. The quantitative estimate of drug-likeness (QED) is 0.500. The van der Waals surface area contributed by atoms with Crippen LogP contribution in [0.25, 0.3) is 6.08 Å². The van der Waals surface area contributed by atoms with Crippen molar-refractivity contribution in [3.05, 3.63) is 112 Å². The molecule has 1 fully saturated rings. The molecule has 5 heteroatoms. The van der Waals surface area contributed by atoms with Crippen LogP contribution in [0, 0.1) is 5.82 Å². The summed E-state index contributed by atoms with van der Waals surface area (Å²) in [5.74, 6) is -0.542. The lowest BCUT2D eigenvalue weighted by atomic mass is 9.96. The summed E-state index contributed by atoms with van der Waals surface area (Å²) in [6, 6.07) is 25.5. The molecule has 3 aromatic rings. The number of halogens is 2. The van der Waals surface area contributed by atoms with Crippen molar-refractivity contribution in [2.75, 3.05) is 26.2 Å². The minimum Gasteiger partial charge on any atom is -0.337 e. The Morgan fingerprint density at radius 2 is 1.45 bits per heavy atom. The van der Waals surface area contributed by atoms with Gasteiger partial charge < -0.3 is 4.90 Å². The van der Waals surface area contributed by atoms with Crippen LogP contribution >= 0.6 is 11.6 Å². The van der Waals surface area contributed by atoms with Crippen molar-refractivity contribution in [1.29, 1.82) is 0 Å². The molecule has 158 valence electrons. The Kier molecular flexibility index (Phi) is 6.80. The first-order valence-electron chi connectivity index (χ1n) is 10.4. The van der Waals surface area contributed by atoms with Crippen LogP contribution in [-0.2, 0) is 4.79 Å². The predicted octanol–water partition coefficient (Wildman–Crippen LogP) is 5.43. The average Bonchev–Trinajstić information content (AvgIpc) is 2.80. The number of hydrogen-bond donors (Lipinski definition) is 0. The Morgan fingerprint density at radius 3 is 2.00 bits per heavy atom. The van der Waals surface area contributed by atoms with Crippen molar-refractivity contribution in [3.8, 4) is 0 Å². The molecule has 1 saturated heterocycles. The van der Waals surface area contributed by atoms with E-state index in [1.807, 2.05) is 17.0 Å². The van der Waals surface area contributed by atoms with Gasteiger partial charge in [-0.05, 0) is 29.3 Å². The second kappa shape index (κ2) is 9.90. The molecule has 1 heterocycles. The van der Waals surface area contributed by atoms with Gasteiger partial charge in [-0.3, -0.25) is 9.69 Å². The molecule has 1 aliphatic heterocycles. The minimum atomic E-state index is -0.435. The molecule has 1 amide bonds. The van der Waals surface area contributed by atoms with Crippen LogP contribution in [-0.4, -0.2) is 41.9 Å². The first kappa shape index (κ1) is 21.3. The molecule has 0 unspecified atom stereocenters. The molecule has 0 bridgehead atoms. The van der Waals surface area contributed by atoms with E-state index in [-0.39, 0.29) is 11.9 Å². The Balaban J connectivity index is 1.44. The zero-order chi connectivity index (χ0) is 21.6. The lowest BCUT2D eigenvalue weighted by Crippen LogP contribution is -2.49. The molecule has 0 spiro atoms. The Bertz CT molecular complexity index is 1010. The van der Waals surface area contributed by atoms with Gasteiger partial charge in [0.25, 0.3) is 0 Å². The molecule has 31 heavy (non-hydrogen) atoms. The Labute approximate surface area is 187 Å². The van der Waals surface area contributed by atoms with Crippen molar-refractivity contribution >= 4 is 23.6 Å². The Hall–Kier alpha value is -2.95. The van der Waals surface area contributed by atoms with Crippen LogP contribution in [0.1, 0.15) is 22.7 Å². The van der Waals surface area contributed by atoms with Crippen LogP contribution in [0.3, 0.4) is 0 Å². The summed E-state index contributed by atoms with van der Waals surface area (Å²) in [7, 11) is 0. The highest BCUT2D eigenvalue weighted by Crippen LogP contribution is 2.29. The molecular weight excluding hydrogens is 411 g/mol. The van der Waals surface area contributed by atoms with Gasteiger partial charge in [-0.25, -0.2) is 4.39 Å². The summed E-state index contributed by atoms with van der Waals surface area (Å²) < 4.78 is 13.9. The largest absolute Gasteiger partial charge is 0.337 e. The molecule has 0 radical (unpaired) electrons. The standard InChI is InChI=1S/C26H24ClFN2O/c27-23-13-11-20(24(28)19-23)12-14-25(31)29-15-17-30(18-16-29)26(21-7-3-1-4-8-21)22-9-5-2-6-10-22/h1-14,19,26H,15-18H2. The second-order valence-corrected chi connectivity index (χ2v) is 8.02. The third kappa shape index (κ3) is 5.22. The summed E-state index contributed by atoms with van der Waals surface area (Å²) in [5.41, 5.74) is 2.84. The van der Waals surface area contributed by atoms with E-state index >= 15 is 0 Å². The van der Waals surface area contributed by atoms with Crippen LogP contribution < -0.4 is 0 Å². The number of piperazine rings is 1. The predicted molar refractivity (Wildman–Crippen MR) is 123 cm³/mol. The fourth-order valence-electron chi connectivity index (χ4n) is 3.99. The molecule has 0 N–H and O–H groups in total. The van der Waals surface area contributed by atoms with Crippen LogP contribution in [0.4, 0.5) is 4.39 Å². The van der Waals surface area contributed by atoms with Crippen molar-refractivity contribution in [1.82, 2.24) is 9.80 Å². The molecule has 0 atom stereocenters. The van der Waals surface area contributed by atoms with Crippen molar-refractivity contribution in [2.24, 2.45) is 0 Å². The first-order valence-corrected chi connectivity index (χ1v) is 10.8. The normalized spacial score (nSPS) is 15.0. The zero-order valence-corrected chi connectivity index (χ0v) is 17.9. The smallest absolute Gasteiger partial charge is 0.246 e. The highest BCUT2D eigenvalue weighted by molar-refractivity contribution is 6.30. The van der Waals surface area contributed by atoms with E-state index < -0.39 is 5.82 Å². The van der Waals surface area contributed by atoms with Gasteiger partial charge in [0, 0.05) is 42.8 Å². The Morgan fingerprint density at radius 1 is 0.871 bits per heavy atom. The number of benzene rings is 3. The van der Waals surface area contributed by atoms with Crippen LogP contribution in [0.2, 0.25) is 5.02 Å². The van der Waals surface area contributed by atoms with Crippen molar-refractivity contribution in [2.45, 2.75) is 6.04 Å². The first-order chi connectivity index (χ1) is 15.1. The van der Waals surface area contributed by atoms with Crippen molar-refractivity contribution < 1.29 is 9.18 Å². The van der Waals surface area contributed by atoms with Gasteiger partial charge in [-0.1, -0.05) is 78.3 Å². The van der Waals surface area contributed by atoms with E-state index in [0.717, 1.165) is 13.1 Å². The molecule has 4 rings (SSSR count). The maximum absolute atomic E-state index is 13.9. The minimum absolute atomic E-state index is 0.107. The molecular formula is C26H24ClFN2O. The molecule has 1 aliphatic rings. The highest BCUT2D eigenvalue weighted by atomic mass is 35.5. The van der Waals surface area contributed by atoms with E-state index in [9.17, 15) is 9.18 Å². The number of amides is 1. The topological polar surface area (TPSA) is 23.6 Å². The number of nitrogens with zero attached hydrogens (tertiary/aromatic N) is 2. The monoisotopic (exact) mass is 434 g/mol. The molecule has 0 saturated carbocycles. The van der Waals surface area contributed by atoms with Crippen molar-refractivity contribution in [3.63, 3.8) is 0 Å². The van der Waals surface area contributed by atoms with Crippen LogP contribution in [0.5, 0.6) is 0 Å². The second-order valence-electron chi connectivity index (χ2n) is 7.58. The summed E-state index contributed by atoms with van der Waals surface area (Å²) in [6.07, 6.45) is 2.95. The van der Waals surface area contributed by atoms with E-state index in [1.54, 1.807) is 12.1 Å². The number of rotatable bonds is 5. The number of carbonyl (C=O) groups is 1. The third-order valence-corrected chi connectivity index (χ3v) is 5.82. The third-order valence-electron chi connectivity index (χ3n) is 5.59. The van der Waals surface area contributed by atoms with Gasteiger partial charge in [-0.2, -0.15) is 0 Å². The van der Waals surface area contributed by atoms with E-state index in [4.69, 9.17) is 11.6 Å². The summed E-state index contributed by atoms with van der Waals surface area (Å²) in [4.78, 5) is 16.9. The molecule has 0 aliphatic carbocycles. The summed E-state index contributed by atoms with van der Waals surface area (Å²) in [5, 5.41) is 0.337. The molecule has 3 nitrogen and oxygen atoms in total. The molecule has 3 aromatic carbocycles. The summed E-state index contributed by atoms with van der Waals surface area (Å²) >= 11 is 5.79. The van der Waals surface area contributed by atoms with Gasteiger partial charge in [0.2, 0.25) is 5.91 Å². The molecule has 0 aromatic heterocycles. The van der Waals surface area contributed by atoms with E-state index in [1.165, 1.54) is 29.3 Å². The van der Waals surface area contributed by atoms with Gasteiger partial charge in [0.15, 0.2) is 0 Å². The maximum atomic E-state index is 13.9. The zero-order valence-electron chi connectivity index (χ0n) is 17.1. The number of hydrogen-bond acceptors (Lipinski definition) is 2.